The molecule has 0 fully saturated rings. The highest BCUT2D eigenvalue weighted by Crippen LogP contribution is 2.20. The molecule has 0 atom stereocenters. The molecule has 0 aromatic heterocycles. The van der Waals surface area contributed by atoms with Crippen molar-refractivity contribution in [2.75, 3.05) is 11.9 Å². The summed E-state index contributed by atoms with van der Waals surface area (Å²) < 4.78 is 5.48. The molecule has 4 nitrogen and oxygen atoms in total. The van der Waals surface area contributed by atoms with Crippen LogP contribution in [-0.4, -0.2) is 18.5 Å². The van der Waals surface area contributed by atoms with Gasteiger partial charge in [0.05, 0.1) is 0 Å². The zero-order valence-corrected chi connectivity index (χ0v) is 10.6. The summed E-state index contributed by atoms with van der Waals surface area (Å²) >= 11 is 3.36. The zero-order valence-electron chi connectivity index (χ0n) is 9.04. The minimum atomic E-state index is -0.472. The van der Waals surface area contributed by atoms with Gasteiger partial charge in [0.25, 0.3) is 5.91 Å². The van der Waals surface area contributed by atoms with Crippen molar-refractivity contribution in [2.45, 2.75) is 13.8 Å². The van der Waals surface area contributed by atoms with Crippen LogP contribution >= 0.6 is 15.9 Å². The molecular weight excluding hydrogens is 274 g/mol. The summed E-state index contributed by atoms with van der Waals surface area (Å²) in [5.74, 6) is -0.828. The minimum Gasteiger partial charge on any atom is -0.456 e. The molecule has 0 saturated carbocycles. The van der Waals surface area contributed by atoms with E-state index in [0.29, 0.717) is 5.69 Å². The van der Waals surface area contributed by atoms with Gasteiger partial charge in [-0.25, -0.2) is 0 Å². The first-order valence-electron chi connectivity index (χ1n) is 4.68. The van der Waals surface area contributed by atoms with E-state index in [1.54, 1.807) is 12.1 Å². The maximum atomic E-state index is 11.3. The fraction of sp³-hybridized carbons (Fsp3) is 0.273. The predicted octanol–water partition coefficient (Wildman–Crippen LogP) is 2.26. The van der Waals surface area contributed by atoms with Gasteiger partial charge in [-0.1, -0.05) is 22.0 Å². The van der Waals surface area contributed by atoms with Crippen LogP contribution in [0.1, 0.15) is 12.5 Å². The van der Waals surface area contributed by atoms with E-state index in [9.17, 15) is 9.59 Å². The van der Waals surface area contributed by atoms with Crippen LogP contribution in [0.15, 0.2) is 22.7 Å². The highest BCUT2D eigenvalue weighted by Gasteiger charge is 2.05. The molecule has 0 heterocycles. The first-order chi connectivity index (χ1) is 7.49. The van der Waals surface area contributed by atoms with Gasteiger partial charge in [0.2, 0.25) is 0 Å². The predicted molar refractivity (Wildman–Crippen MR) is 64.1 cm³/mol. The highest BCUT2D eigenvalue weighted by molar-refractivity contribution is 9.10. The van der Waals surface area contributed by atoms with E-state index in [-0.39, 0.29) is 12.5 Å². The van der Waals surface area contributed by atoms with Crippen LogP contribution in [0.25, 0.3) is 0 Å². The Kier molecular flexibility index (Phi) is 4.49. The van der Waals surface area contributed by atoms with Gasteiger partial charge in [-0.05, 0) is 24.6 Å². The minimum absolute atomic E-state index is 0.263. The first-order valence-corrected chi connectivity index (χ1v) is 5.47. The van der Waals surface area contributed by atoms with Crippen LogP contribution in [0.2, 0.25) is 0 Å². The van der Waals surface area contributed by atoms with Crippen molar-refractivity contribution in [3.8, 4) is 0 Å². The molecular formula is C11H12BrNO3. The summed E-state index contributed by atoms with van der Waals surface area (Å²) in [6.07, 6.45) is 0. The maximum Gasteiger partial charge on any atom is 0.303 e. The van der Waals surface area contributed by atoms with E-state index in [2.05, 4.69) is 26.0 Å². The number of carbonyl (C=O) groups is 2. The molecule has 0 saturated heterocycles. The van der Waals surface area contributed by atoms with Crippen LogP contribution in [0.5, 0.6) is 0 Å². The lowest BCUT2D eigenvalue weighted by Crippen LogP contribution is -2.19. The number of benzene rings is 1. The van der Waals surface area contributed by atoms with Crippen molar-refractivity contribution in [1.82, 2.24) is 0 Å². The summed E-state index contributed by atoms with van der Waals surface area (Å²) in [6, 6.07) is 5.46. The van der Waals surface area contributed by atoms with Gasteiger partial charge in [0, 0.05) is 17.1 Å². The molecule has 1 aromatic rings. The highest BCUT2D eigenvalue weighted by atomic mass is 79.9. The van der Waals surface area contributed by atoms with Crippen molar-refractivity contribution in [1.29, 1.82) is 0 Å². The van der Waals surface area contributed by atoms with Crippen LogP contribution < -0.4 is 5.32 Å². The number of ether oxygens (including phenoxy) is 1. The summed E-state index contributed by atoms with van der Waals surface area (Å²) in [5.41, 5.74) is 1.74. The first kappa shape index (κ1) is 12.7. The monoisotopic (exact) mass is 285 g/mol. The Hall–Kier alpha value is -1.36. The topological polar surface area (TPSA) is 55.4 Å². The number of hydrogen-bond acceptors (Lipinski definition) is 3. The molecule has 0 radical (unpaired) electrons. The van der Waals surface area contributed by atoms with Crippen molar-refractivity contribution in [3.63, 3.8) is 0 Å². The molecule has 1 N–H and O–H groups in total. The standard InChI is InChI=1S/C11H12BrNO3/c1-7-3-4-9(5-10(7)12)13-11(15)6-16-8(2)14/h3-5H,6H2,1-2H3,(H,13,15). The number of hydrogen-bond donors (Lipinski definition) is 1. The third kappa shape index (κ3) is 4.02. The number of rotatable bonds is 3. The lowest BCUT2D eigenvalue weighted by Gasteiger charge is -2.06. The molecule has 16 heavy (non-hydrogen) atoms. The molecule has 0 aliphatic rings. The van der Waals surface area contributed by atoms with Gasteiger partial charge in [0.1, 0.15) is 0 Å². The number of halogens is 1. The molecule has 1 rings (SSSR count). The lowest BCUT2D eigenvalue weighted by molar-refractivity contribution is -0.144. The van der Waals surface area contributed by atoms with Crippen LogP contribution in [0.3, 0.4) is 0 Å². The maximum absolute atomic E-state index is 11.3. The SMILES string of the molecule is CC(=O)OCC(=O)Nc1ccc(C)c(Br)c1. The number of nitrogens with one attached hydrogen (secondary N) is 1. The third-order valence-electron chi connectivity index (χ3n) is 1.86. The van der Waals surface area contributed by atoms with E-state index < -0.39 is 5.97 Å². The van der Waals surface area contributed by atoms with E-state index >= 15 is 0 Å². The third-order valence-corrected chi connectivity index (χ3v) is 2.72. The molecule has 0 aliphatic carbocycles. The Morgan fingerprint density at radius 1 is 1.44 bits per heavy atom. The van der Waals surface area contributed by atoms with Crippen molar-refractivity contribution in [3.05, 3.63) is 28.2 Å². The van der Waals surface area contributed by atoms with Crippen LogP contribution in [-0.2, 0) is 14.3 Å². The average Bonchev–Trinajstić information content (AvgIpc) is 2.21. The number of esters is 1. The Bertz CT molecular complexity index is 418. The lowest BCUT2D eigenvalue weighted by atomic mass is 10.2. The fourth-order valence-electron chi connectivity index (χ4n) is 1.03. The molecule has 1 amide bonds. The van der Waals surface area contributed by atoms with Crippen LogP contribution in [0.4, 0.5) is 5.69 Å². The van der Waals surface area contributed by atoms with E-state index in [4.69, 9.17) is 0 Å². The van der Waals surface area contributed by atoms with Gasteiger partial charge in [-0.15, -0.1) is 0 Å². The Balaban J connectivity index is 2.56. The Morgan fingerprint density at radius 3 is 2.69 bits per heavy atom. The smallest absolute Gasteiger partial charge is 0.303 e. The molecule has 0 aliphatic heterocycles. The van der Waals surface area contributed by atoms with Gasteiger partial charge in [0.15, 0.2) is 6.61 Å². The second-order valence-electron chi connectivity index (χ2n) is 3.29. The molecule has 86 valence electrons. The summed E-state index contributed by atoms with van der Waals surface area (Å²) in [7, 11) is 0. The van der Waals surface area contributed by atoms with E-state index in [1.807, 2.05) is 13.0 Å². The summed E-state index contributed by atoms with van der Waals surface area (Å²) in [5, 5.41) is 2.62. The largest absolute Gasteiger partial charge is 0.456 e. The Morgan fingerprint density at radius 2 is 2.12 bits per heavy atom. The van der Waals surface area contributed by atoms with Gasteiger partial charge < -0.3 is 10.1 Å². The van der Waals surface area contributed by atoms with Crippen molar-refractivity contribution < 1.29 is 14.3 Å². The second-order valence-corrected chi connectivity index (χ2v) is 4.15. The summed E-state index contributed by atoms with van der Waals surface area (Å²) in [4.78, 5) is 21.8. The fourth-order valence-corrected chi connectivity index (χ4v) is 1.41. The normalized spacial score (nSPS) is 9.69. The van der Waals surface area contributed by atoms with Crippen molar-refractivity contribution >= 4 is 33.5 Å². The van der Waals surface area contributed by atoms with Gasteiger partial charge in [-0.2, -0.15) is 0 Å². The van der Waals surface area contributed by atoms with Crippen molar-refractivity contribution in [2.24, 2.45) is 0 Å². The molecule has 5 heteroatoms. The average molecular weight is 286 g/mol. The van der Waals surface area contributed by atoms with Gasteiger partial charge >= 0.3 is 5.97 Å². The van der Waals surface area contributed by atoms with E-state index in [0.717, 1.165) is 10.0 Å². The second kappa shape index (κ2) is 5.65. The number of aryl methyl sites for hydroxylation is 1. The molecule has 0 unspecified atom stereocenters. The Labute approximate surface area is 102 Å². The zero-order chi connectivity index (χ0) is 12.1. The van der Waals surface area contributed by atoms with Crippen LogP contribution in [0, 0.1) is 6.92 Å². The number of anilines is 1. The molecule has 0 spiro atoms. The molecule has 1 aromatic carbocycles. The molecule has 0 bridgehead atoms. The van der Waals surface area contributed by atoms with Gasteiger partial charge in [-0.3, -0.25) is 9.59 Å². The number of amides is 1. The quantitative estimate of drug-likeness (QED) is 0.867. The van der Waals surface area contributed by atoms with E-state index in [1.165, 1.54) is 6.92 Å². The number of carbonyl (C=O) groups excluding carboxylic acids is 2. The summed E-state index contributed by atoms with van der Waals surface area (Å²) in [6.45, 7) is 2.95.